The van der Waals surface area contributed by atoms with Gasteiger partial charge in [-0.2, -0.15) is 0 Å². The van der Waals surface area contributed by atoms with E-state index < -0.39 is 0 Å². The highest BCUT2D eigenvalue weighted by molar-refractivity contribution is 4.93. The van der Waals surface area contributed by atoms with Gasteiger partial charge < -0.3 is 0 Å². The molecule has 0 spiro atoms. The minimum Gasteiger partial charge on any atom is -0.0859 e. The molecule has 0 aliphatic carbocycles. The van der Waals surface area contributed by atoms with Crippen LogP contribution in [0.4, 0.5) is 0 Å². The zero-order valence-corrected chi connectivity index (χ0v) is 13.6. The number of hydrogen-bond donors (Lipinski definition) is 0. The van der Waals surface area contributed by atoms with Gasteiger partial charge in [-0.3, -0.25) is 0 Å². The highest BCUT2D eigenvalue weighted by Crippen LogP contribution is 2.28. The van der Waals surface area contributed by atoms with E-state index >= 15 is 0 Å². The smallest absolute Gasteiger partial charge is 0.0346 e. The van der Waals surface area contributed by atoms with Crippen molar-refractivity contribution in [2.75, 3.05) is 0 Å². The first-order chi connectivity index (χ1) is 8.61. The normalized spacial score (nSPS) is 14.3. The molecule has 0 aromatic rings. The van der Waals surface area contributed by atoms with E-state index in [-0.39, 0.29) is 0 Å². The van der Waals surface area contributed by atoms with Crippen LogP contribution < -0.4 is 0 Å². The van der Waals surface area contributed by atoms with E-state index in [1.54, 1.807) is 0 Å². The number of allylic oxidation sites excluding steroid dienone is 2. The lowest BCUT2D eigenvalue weighted by Crippen LogP contribution is -2.12. The highest BCUT2D eigenvalue weighted by atomic mass is 14.2. The Kier molecular flexibility index (Phi) is 11.6. The van der Waals surface area contributed by atoms with Crippen LogP contribution in [0.5, 0.6) is 0 Å². The maximum Gasteiger partial charge on any atom is -0.0346 e. The van der Waals surface area contributed by atoms with Gasteiger partial charge in [-0.05, 0) is 38.5 Å². The monoisotopic (exact) mass is 252 g/mol. The van der Waals surface area contributed by atoms with Gasteiger partial charge in [0.2, 0.25) is 0 Å². The van der Waals surface area contributed by atoms with Crippen molar-refractivity contribution in [2.24, 2.45) is 11.8 Å². The van der Waals surface area contributed by atoms with Crippen molar-refractivity contribution in [3.05, 3.63) is 11.6 Å². The highest BCUT2D eigenvalue weighted by Gasteiger charge is 2.15. The van der Waals surface area contributed by atoms with E-state index in [1.807, 2.05) is 0 Å². The quantitative estimate of drug-likeness (QED) is 0.281. The Labute approximate surface area is 116 Å². The standard InChI is InChI=1S/C18H36/c1-6-8-10-14-18(15-11-12-16(3)4)17(5)13-9-7-2/h12,17-18H,6-11,13-15H2,1-5H3. The molecule has 2 unspecified atom stereocenters. The fourth-order valence-electron chi connectivity index (χ4n) is 2.72. The van der Waals surface area contributed by atoms with Crippen LogP contribution in [0.3, 0.4) is 0 Å². The molecule has 108 valence electrons. The summed E-state index contributed by atoms with van der Waals surface area (Å²) in [6.07, 6.45) is 15.0. The van der Waals surface area contributed by atoms with E-state index in [2.05, 4.69) is 40.7 Å². The first-order valence-corrected chi connectivity index (χ1v) is 8.25. The summed E-state index contributed by atoms with van der Waals surface area (Å²) in [5.41, 5.74) is 1.48. The van der Waals surface area contributed by atoms with Crippen LogP contribution in [0.2, 0.25) is 0 Å². The summed E-state index contributed by atoms with van der Waals surface area (Å²) in [6.45, 7) is 11.5. The predicted octanol–water partition coefficient (Wildman–Crippen LogP) is 6.76. The molecule has 2 atom stereocenters. The summed E-state index contributed by atoms with van der Waals surface area (Å²) in [5, 5.41) is 0. The summed E-state index contributed by atoms with van der Waals surface area (Å²) >= 11 is 0. The minimum atomic E-state index is 0.923. The van der Waals surface area contributed by atoms with Crippen molar-refractivity contribution in [3.8, 4) is 0 Å². The Balaban J connectivity index is 4.09. The van der Waals surface area contributed by atoms with E-state index in [0.717, 1.165) is 11.8 Å². The van der Waals surface area contributed by atoms with Crippen LogP contribution in [0.15, 0.2) is 11.6 Å². The predicted molar refractivity (Wildman–Crippen MR) is 85.0 cm³/mol. The van der Waals surface area contributed by atoms with Gasteiger partial charge in [-0.25, -0.2) is 0 Å². The second-order valence-corrected chi connectivity index (χ2v) is 6.23. The van der Waals surface area contributed by atoms with Gasteiger partial charge >= 0.3 is 0 Å². The molecule has 0 amide bonds. The molecule has 0 nitrogen and oxygen atoms in total. The molecular formula is C18H36. The molecule has 0 heteroatoms. The minimum absolute atomic E-state index is 0.923. The third kappa shape index (κ3) is 9.74. The average Bonchev–Trinajstić information content (AvgIpc) is 2.34. The lowest BCUT2D eigenvalue weighted by molar-refractivity contribution is 0.287. The molecule has 18 heavy (non-hydrogen) atoms. The Bertz CT molecular complexity index is 198. The van der Waals surface area contributed by atoms with Gasteiger partial charge in [0.05, 0.1) is 0 Å². The molecule has 0 saturated heterocycles. The first-order valence-electron chi connectivity index (χ1n) is 8.25. The van der Waals surface area contributed by atoms with Crippen LogP contribution in [0.1, 0.15) is 92.4 Å². The molecule has 0 fully saturated rings. The van der Waals surface area contributed by atoms with Gasteiger partial charge in [0.25, 0.3) is 0 Å². The summed E-state index contributed by atoms with van der Waals surface area (Å²) in [4.78, 5) is 0. The number of hydrogen-bond acceptors (Lipinski definition) is 0. The van der Waals surface area contributed by atoms with Crippen LogP contribution in [-0.4, -0.2) is 0 Å². The second-order valence-electron chi connectivity index (χ2n) is 6.23. The Morgan fingerprint density at radius 1 is 0.889 bits per heavy atom. The number of rotatable bonds is 11. The van der Waals surface area contributed by atoms with Crippen LogP contribution in [0, 0.1) is 11.8 Å². The van der Waals surface area contributed by atoms with E-state index in [0.29, 0.717) is 0 Å². The van der Waals surface area contributed by atoms with Gasteiger partial charge in [0.15, 0.2) is 0 Å². The molecule has 0 aromatic heterocycles. The molecule has 0 heterocycles. The molecule has 0 N–H and O–H groups in total. The maximum atomic E-state index is 2.48. The summed E-state index contributed by atoms with van der Waals surface area (Å²) in [6, 6.07) is 0. The van der Waals surface area contributed by atoms with Crippen LogP contribution >= 0.6 is 0 Å². The van der Waals surface area contributed by atoms with Crippen molar-refractivity contribution in [1.29, 1.82) is 0 Å². The third-order valence-corrected chi connectivity index (χ3v) is 4.09. The van der Waals surface area contributed by atoms with Gasteiger partial charge in [-0.1, -0.05) is 77.4 Å². The van der Waals surface area contributed by atoms with Gasteiger partial charge in [0, 0.05) is 0 Å². The van der Waals surface area contributed by atoms with Gasteiger partial charge in [-0.15, -0.1) is 0 Å². The van der Waals surface area contributed by atoms with Crippen molar-refractivity contribution in [2.45, 2.75) is 92.4 Å². The van der Waals surface area contributed by atoms with Crippen molar-refractivity contribution in [1.82, 2.24) is 0 Å². The zero-order chi connectivity index (χ0) is 13.8. The third-order valence-electron chi connectivity index (χ3n) is 4.09. The van der Waals surface area contributed by atoms with E-state index in [4.69, 9.17) is 0 Å². The maximum absolute atomic E-state index is 2.48. The van der Waals surface area contributed by atoms with Crippen LogP contribution in [0.25, 0.3) is 0 Å². The fraction of sp³-hybridized carbons (Fsp3) is 0.889. The molecule has 0 aromatic carbocycles. The topological polar surface area (TPSA) is 0 Å². The van der Waals surface area contributed by atoms with E-state index in [1.165, 1.54) is 63.4 Å². The molecule has 0 rings (SSSR count). The summed E-state index contributed by atoms with van der Waals surface area (Å²) < 4.78 is 0. The largest absolute Gasteiger partial charge is 0.0859 e. The number of unbranched alkanes of at least 4 members (excludes halogenated alkanes) is 3. The fourth-order valence-corrected chi connectivity index (χ4v) is 2.72. The van der Waals surface area contributed by atoms with Gasteiger partial charge in [0.1, 0.15) is 0 Å². The second kappa shape index (κ2) is 11.8. The molecule has 0 bridgehead atoms. The van der Waals surface area contributed by atoms with Crippen molar-refractivity contribution < 1.29 is 0 Å². The molecule has 0 radical (unpaired) electrons. The van der Waals surface area contributed by atoms with Crippen molar-refractivity contribution in [3.63, 3.8) is 0 Å². The van der Waals surface area contributed by atoms with Crippen LogP contribution in [-0.2, 0) is 0 Å². The molecular weight excluding hydrogens is 216 g/mol. The average molecular weight is 252 g/mol. The zero-order valence-electron chi connectivity index (χ0n) is 13.6. The Morgan fingerprint density at radius 2 is 1.56 bits per heavy atom. The SMILES string of the molecule is CCCCCC(CCC=C(C)C)C(C)CCCC. The lowest BCUT2D eigenvalue weighted by Gasteiger charge is -2.23. The summed E-state index contributed by atoms with van der Waals surface area (Å²) in [7, 11) is 0. The first kappa shape index (κ1) is 17.7. The molecule has 0 aliphatic rings. The lowest BCUT2D eigenvalue weighted by atomic mass is 9.82. The Hall–Kier alpha value is -0.260. The summed E-state index contributed by atoms with van der Waals surface area (Å²) in [5.74, 6) is 1.88. The van der Waals surface area contributed by atoms with Crippen molar-refractivity contribution >= 4 is 0 Å². The molecule has 0 aliphatic heterocycles. The van der Waals surface area contributed by atoms with E-state index in [9.17, 15) is 0 Å². The Morgan fingerprint density at radius 3 is 2.11 bits per heavy atom. The molecule has 0 saturated carbocycles.